The van der Waals surface area contributed by atoms with Crippen molar-refractivity contribution < 1.29 is 9.59 Å². The van der Waals surface area contributed by atoms with Crippen LogP contribution in [0.4, 0.5) is 5.69 Å². The molecule has 4 N–H and O–H groups in total. The molecular formula is C18H15BrN4O2S. The molecule has 2 aromatic carbocycles. The molecule has 0 fully saturated rings. The number of aromatic nitrogens is 2. The van der Waals surface area contributed by atoms with Gasteiger partial charge in [-0.1, -0.05) is 40.2 Å². The van der Waals surface area contributed by atoms with E-state index in [0.717, 1.165) is 14.9 Å². The zero-order chi connectivity index (χ0) is 18.5. The third-order valence-corrected chi connectivity index (χ3v) is 5.09. The van der Waals surface area contributed by atoms with Crippen molar-refractivity contribution in [1.29, 1.82) is 0 Å². The van der Waals surface area contributed by atoms with Gasteiger partial charge in [-0.25, -0.2) is 0 Å². The van der Waals surface area contributed by atoms with Crippen LogP contribution in [0.15, 0.2) is 64.0 Å². The number of H-pyrrole nitrogens is 1. The Morgan fingerprint density at radius 2 is 1.88 bits per heavy atom. The molecule has 0 saturated heterocycles. The van der Waals surface area contributed by atoms with Crippen LogP contribution in [0, 0.1) is 0 Å². The van der Waals surface area contributed by atoms with Crippen molar-refractivity contribution in [2.75, 3.05) is 11.1 Å². The maximum atomic E-state index is 12.5. The molecule has 26 heavy (non-hydrogen) atoms. The summed E-state index contributed by atoms with van der Waals surface area (Å²) < 4.78 is 0.972. The first-order valence-corrected chi connectivity index (χ1v) is 9.43. The number of amides is 2. The molecule has 0 aliphatic carbocycles. The topological polar surface area (TPSA) is 101 Å². The van der Waals surface area contributed by atoms with E-state index in [1.165, 1.54) is 11.8 Å². The van der Waals surface area contributed by atoms with Crippen molar-refractivity contribution in [2.24, 2.45) is 5.73 Å². The van der Waals surface area contributed by atoms with E-state index in [4.69, 9.17) is 5.73 Å². The Kier molecular flexibility index (Phi) is 5.75. The third kappa shape index (κ3) is 4.53. The lowest BCUT2D eigenvalue weighted by Crippen LogP contribution is -2.15. The molecule has 3 rings (SSSR count). The lowest BCUT2D eigenvalue weighted by Gasteiger charge is -2.09. The first-order chi connectivity index (χ1) is 12.5. The summed E-state index contributed by atoms with van der Waals surface area (Å²) in [6, 6.07) is 16.6. The van der Waals surface area contributed by atoms with Gasteiger partial charge in [-0.2, -0.15) is 5.10 Å². The zero-order valence-electron chi connectivity index (χ0n) is 13.5. The van der Waals surface area contributed by atoms with Crippen molar-refractivity contribution in [3.63, 3.8) is 0 Å². The number of carbonyl (C=O) groups is 2. The van der Waals surface area contributed by atoms with Crippen LogP contribution >= 0.6 is 27.7 Å². The smallest absolute Gasteiger partial charge is 0.273 e. The molecule has 132 valence electrons. The number of nitrogens with zero attached hydrogens (tertiary/aromatic N) is 1. The summed E-state index contributed by atoms with van der Waals surface area (Å²) in [5.41, 5.74) is 7.73. The maximum absolute atomic E-state index is 12.5. The van der Waals surface area contributed by atoms with E-state index in [1.54, 1.807) is 12.1 Å². The number of hydrogen-bond acceptors (Lipinski definition) is 4. The van der Waals surface area contributed by atoms with E-state index < -0.39 is 5.91 Å². The Hall–Kier alpha value is -2.58. The van der Waals surface area contributed by atoms with E-state index in [-0.39, 0.29) is 11.7 Å². The van der Waals surface area contributed by atoms with Gasteiger partial charge in [-0.15, -0.1) is 11.8 Å². The molecular weight excluding hydrogens is 416 g/mol. The van der Waals surface area contributed by atoms with E-state index in [2.05, 4.69) is 31.4 Å². The quantitative estimate of drug-likeness (QED) is 0.519. The summed E-state index contributed by atoms with van der Waals surface area (Å²) in [6.07, 6.45) is 0. The second-order valence-corrected chi connectivity index (χ2v) is 7.31. The van der Waals surface area contributed by atoms with Crippen molar-refractivity contribution >= 4 is 45.2 Å². The predicted octanol–water partition coefficient (Wildman–Crippen LogP) is 3.67. The summed E-state index contributed by atoms with van der Waals surface area (Å²) in [7, 11) is 0. The Morgan fingerprint density at radius 3 is 2.62 bits per heavy atom. The zero-order valence-corrected chi connectivity index (χ0v) is 15.9. The standard InChI is InChI=1S/C18H15BrN4O2S/c19-12-7-5-11(6-8-12)14-9-15(23-22-14)18(25)21-13-3-1-2-4-16(13)26-10-17(20)24/h1-9H,10H2,(H2,20,24)(H,21,25)(H,22,23). The second kappa shape index (κ2) is 8.20. The van der Waals surface area contributed by atoms with Gasteiger partial charge in [-0.05, 0) is 30.3 Å². The Balaban J connectivity index is 1.75. The van der Waals surface area contributed by atoms with Crippen molar-refractivity contribution in [2.45, 2.75) is 4.90 Å². The SMILES string of the molecule is NC(=O)CSc1ccccc1NC(=O)c1cc(-c2ccc(Br)cc2)n[nH]1. The number of aromatic amines is 1. The van der Waals surface area contributed by atoms with E-state index in [0.29, 0.717) is 17.1 Å². The number of para-hydroxylation sites is 1. The Bertz CT molecular complexity index is 940. The number of hydrogen-bond donors (Lipinski definition) is 3. The molecule has 0 aliphatic heterocycles. The second-order valence-electron chi connectivity index (χ2n) is 5.38. The Morgan fingerprint density at radius 1 is 1.15 bits per heavy atom. The van der Waals surface area contributed by atoms with Crippen LogP contribution in [0.3, 0.4) is 0 Å². The molecule has 0 aliphatic rings. The highest BCUT2D eigenvalue weighted by Crippen LogP contribution is 2.27. The fourth-order valence-corrected chi connectivity index (χ4v) is 3.25. The number of nitrogens with one attached hydrogen (secondary N) is 2. The summed E-state index contributed by atoms with van der Waals surface area (Å²) in [6.45, 7) is 0. The highest BCUT2D eigenvalue weighted by atomic mass is 79.9. The average Bonchev–Trinajstić information content (AvgIpc) is 3.12. The van der Waals surface area contributed by atoms with Gasteiger partial charge in [0, 0.05) is 14.9 Å². The summed E-state index contributed by atoms with van der Waals surface area (Å²) in [4.78, 5) is 24.3. The number of thioether (sulfide) groups is 1. The van der Waals surface area contributed by atoms with Crippen LogP contribution in [0.25, 0.3) is 11.3 Å². The maximum Gasteiger partial charge on any atom is 0.273 e. The van der Waals surface area contributed by atoms with E-state index in [9.17, 15) is 9.59 Å². The molecule has 8 heteroatoms. The van der Waals surface area contributed by atoms with Gasteiger partial charge in [0.2, 0.25) is 5.91 Å². The van der Waals surface area contributed by atoms with Crippen molar-refractivity contribution in [3.05, 3.63) is 64.8 Å². The minimum absolute atomic E-state index is 0.144. The van der Waals surface area contributed by atoms with Crippen LogP contribution in [0.1, 0.15) is 10.5 Å². The number of halogens is 1. The molecule has 0 unspecified atom stereocenters. The molecule has 0 atom stereocenters. The van der Waals surface area contributed by atoms with Gasteiger partial charge >= 0.3 is 0 Å². The van der Waals surface area contributed by atoms with Gasteiger partial charge in [0.1, 0.15) is 5.69 Å². The molecule has 3 aromatic rings. The summed E-state index contributed by atoms with van der Waals surface area (Å²) >= 11 is 4.66. The highest BCUT2D eigenvalue weighted by molar-refractivity contribution is 9.10. The van der Waals surface area contributed by atoms with Gasteiger partial charge in [0.25, 0.3) is 5.91 Å². The molecule has 0 spiro atoms. The van der Waals surface area contributed by atoms with Gasteiger partial charge in [-0.3, -0.25) is 14.7 Å². The highest BCUT2D eigenvalue weighted by Gasteiger charge is 2.13. The lowest BCUT2D eigenvalue weighted by molar-refractivity contribution is -0.115. The number of primary amides is 1. The summed E-state index contributed by atoms with van der Waals surface area (Å²) in [5.74, 6) is -0.582. The van der Waals surface area contributed by atoms with Gasteiger partial charge < -0.3 is 11.1 Å². The van der Waals surface area contributed by atoms with Crippen LogP contribution in [-0.2, 0) is 4.79 Å². The number of rotatable bonds is 6. The first kappa shape index (κ1) is 18.2. The van der Waals surface area contributed by atoms with Crippen molar-refractivity contribution in [1.82, 2.24) is 10.2 Å². The van der Waals surface area contributed by atoms with Crippen molar-refractivity contribution in [3.8, 4) is 11.3 Å². The summed E-state index contributed by atoms with van der Waals surface area (Å²) in [5, 5.41) is 9.78. The molecule has 6 nitrogen and oxygen atoms in total. The van der Waals surface area contributed by atoms with Gasteiger partial charge in [0.15, 0.2) is 0 Å². The minimum atomic E-state index is -0.413. The predicted molar refractivity (Wildman–Crippen MR) is 106 cm³/mol. The van der Waals surface area contributed by atoms with E-state index >= 15 is 0 Å². The fraction of sp³-hybridized carbons (Fsp3) is 0.0556. The number of benzene rings is 2. The van der Waals surface area contributed by atoms with Crippen LogP contribution in [0.5, 0.6) is 0 Å². The minimum Gasteiger partial charge on any atom is -0.369 e. The van der Waals surface area contributed by atoms with Crippen LogP contribution in [0.2, 0.25) is 0 Å². The average molecular weight is 431 g/mol. The van der Waals surface area contributed by atoms with E-state index in [1.807, 2.05) is 42.5 Å². The number of anilines is 1. The molecule has 1 heterocycles. The molecule has 2 amide bonds. The molecule has 0 bridgehead atoms. The largest absolute Gasteiger partial charge is 0.369 e. The third-order valence-electron chi connectivity index (χ3n) is 3.47. The monoisotopic (exact) mass is 430 g/mol. The van der Waals surface area contributed by atoms with Crippen LogP contribution < -0.4 is 11.1 Å². The van der Waals surface area contributed by atoms with Crippen LogP contribution in [-0.4, -0.2) is 27.8 Å². The normalized spacial score (nSPS) is 10.5. The lowest BCUT2D eigenvalue weighted by atomic mass is 10.1. The molecule has 1 aromatic heterocycles. The number of nitrogens with two attached hydrogens (primary N) is 1. The fourth-order valence-electron chi connectivity index (χ4n) is 2.24. The number of carbonyl (C=O) groups excluding carboxylic acids is 2. The molecule has 0 saturated carbocycles. The Labute approximate surface area is 162 Å². The van der Waals surface area contributed by atoms with Gasteiger partial charge in [0.05, 0.1) is 17.1 Å². The molecule has 0 radical (unpaired) electrons. The first-order valence-electron chi connectivity index (χ1n) is 7.66.